The van der Waals surface area contributed by atoms with E-state index in [0.717, 1.165) is 26.3 Å². The van der Waals surface area contributed by atoms with Crippen LogP contribution in [0.5, 0.6) is 0 Å². The number of amides is 2. The summed E-state index contributed by atoms with van der Waals surface area (Å²) in [5.41, 5.74) is 0. The Morgan fingerprint density at radius 1 is 1.21 bits per heavy atom. The Bertz CT molecular complexity index is 266. The third-order valence-electron chi connectivity index (χ3n) is 3.31. The minimum Gasteiger partial charge on any atom is -0.392 e. The highest BCUT2D eigenvalue weighted by molar-refractivity contribution is 5.73. The smallest absolute Gasteiger partial charge is 0.314 e. The molecule has 0 aromatic heterocycles. The molecule has 0 saturated carbocycles. The Kier molecular flexibility index (Phi) is 7.12. The normalized spacial score (nSPS) is 20.1. The van der Waals surface area contributed by atoms with Crippen LogP contribution in [0.2, 0.25) is 0 Å². The number of nitrogens with one attached hydrogen (secondary N) is 2. The average molecular weight is 273 g/mol. The van der Waals surface area contributed by atoms with Crippen molar-refractivity contribution in [3.8, 4) is 0 Å². The van der Waals surface area contributed by atoms with Crippen molar-refractivity contribution in [2.75, 3.05) is 39.4 Å². The molecule has 0 radical (unpaired) electrons. The third-order valence-corrected chi connectivity index (χ3v) is 3.31. The van der Waals surface area contributed by atoms with Crippen molar-refractivity contribution < 1.29 is 14.6 Å². The van der Waals surface area contributed by atoms with Gasteiger partial charge in [-0.2, -0.15) is 0 Å². The van der Waals surface area contributed by atoms with Crippen LogP contribution in [-0.2, 0) is 4.74 Å². The molecule has 3 N–H and O–H groups in total. The van der Waals surface area contributed by atoms with Crippen LogP contribution in [0.25, 0.3) is 0 Å². The molecular formula is C13H27N3O3. The van der Waals surface area contributed by atoms with Gasteiger partial charge in [-0.3, -0.25) is 4.90 Å². The SMILES string of the molecule is CC(C)C(CNC(=O)NC[C@H](C)O)N1CCOCC1. The van der Waals surface area contributed by atoms with E-state index in [1.54, 1.807) is 6.92 Å². The first kappa shape index (κ1) is 16.2. The first-order chi connectivity index (χ1) is 9.00. The maximum Gasteiger partial charge on any atom is 0.314 e. The number of carbonyl (C=O) groups is 1. The first-order valence-electron chi connectivity index (χ1n) is 7.02. The molecule has 2 atom stereocenters. The van der Waals surface area contributed by atoms with Crippen LogP contribution in [0.4, 0.5) is 4.79 Å². The molecule has 19 heavy (non-hydrogen) atoms. The average Bonchev–Trinajstić information content (AvgIpc) is 2.37. The number of hydrogen-bond donors (Lipinski definition) is 3. The summed E-state index contributed by atoms with van der Waals surface area (Å²) in [4.78, 5) is 13.9. The van der Waals surface area contributed by atoms with Crippen LogP contribution in [0.1, 0.15) is 20.8 Å². The lowest BCUT2D eigenvalue weighted by Gasteiger charge is -2.36. The second-order valence-corrected chi connectivity index (χ2v) is 5.40. The molecule has 1 rings (SSSR count). The van der Waals surface area contributed by atoms with Gasteiger partial charge in [0, 0.05) is 32.2 Å². The molecule has 2 amide bonds. The van der Waals surface area contributed by atoms with Gasteiger partial charge in [-0.15, -0.1) is 0 Å². The van der Waals surface area contributed by atoms with Crippen LogP contribution in [-0.4, -0.2) is 67.6 Å². The fraction of sp³-hybridized carbons (Fsp3) is 0.923. The predicted octanol–water partition coefficient (Wildman–Crippen LogP) is 0.0232. The molecule has 6 heteroatoms. The summed E-state index contributed by atoms with van der Waals surface area (Å²) < 4.78 is 5.35. The highest BCUT2D eigenvalue weighted by atomic mass is 16.5. The Balaban J connectivity index is 2.34. The molecule has 1 saturated heterocycles. The van der Waals surface area contributed by atoms with Gasteiger partial charge >= 0.3 is 6.03 Å². The van der Waals surface area contributed by atoms with E-state index in [1.807, 2.05) is 0 Å². The Labute approximate surface area is 115 Å². The Morgan fingerprint density at radius 3 is 2.32 bits per heavy atom. The van der Waals surface area contributed by atoms with E-state index in [4.69, 9.17) is 9.84 Å². The van der Waals surface area contributed by atoms with Crippen molar-refractivity contribution in [2.45, 2.75) is 32.9 Å². The van der Waals surface area contributed by atoms with Gasteiger partial charge in [0.25, 0.3) is 0 Å². The van der Waals surface area contributed by atoms with Crippen molar-refractivity contribution >= 4 is 6.03 Å². The van der Waals surface area contributed by atoms with Crippen LogP contribution in [0.15, 0.2) is 0 Å². The molecule has 1 aliphatic rings. The van der Waals surface area contributed by atoms with Crippen molar-refractivity contribution in [2.24, 2.45) is 5.92 Å². The van der Waals surface area contributed by atoms with E-state index in [1.165, 1.54) is 0 Å². The predicted molar refractivity (Wildman–Crippen MR) is 74.1 cm³/mol. The van der Waals surface area contributed by atoms with Gasteiger partial charge in [0.05, 0.1) is 19.3 Å². The highest BCUT2D eigenvalue weighted by Gasteiger charge is 2.24. The lowest BCUT2D eigenvalue weighted by atomic mass is 10.0. The van der Waals surface area contributed by atoms with E-state index in [0.29, 0.717) is 18.5 Å². The maximum atomic E-state index is 11.6. The van der Waals surface area contributed by atoms with E-state index in [-0.39, 0.29) is 12.6 Å². The molecule has 6 nitrogen and oxygen atoms in total. The molecule has 0 aromatic carbocycles. The number of carbonyl (C=O) groups excluding carboxylic acids is 1. The van der Waals surface area contributed by atoms with Gasteiger partial charge in [0.15, 0.2) is 0 Å². The number of hydrogen-bond acceptors (Lipinski definition) is 4. The fourth-order valence-corrected chi connectivity index (χ4v) is 2.20. The number of aliphatic hydroxyl groups is 1. The monoisotopic (exact) mass is 273 g/mol. The minimum atomic E-state index is -0.522. The molecular weight excluding hydrogens is 246 g/mol. The summed E-state index contributed by atoms with van der Waals surface area (Å²) in [6.45, 7) is 10.2. The molecule has 0 bridgehead atoms. The minimum absolute atomic E-state index is 0.222. The van der Waals surface area contributed by atoms with Gasteiger partial charge < -0.3 is 20.5 Å². The molecule has 1 fully saturated rings. The van der Waals surface area contributed by atoms with E-state index in [9.17, 15) is 4.79 Å². The molecule has 1 heterocycles. The van der Waals surface area contributed by atoms with Crippen molar-refractivity contribution in [3.63, 3.8) is 0 Å². The third kappa shape index (κ3) is 6.22. The second kappa shape index (κ2) is 8.35. The topological polar surface area (TPSA) is 73.8 Å². The summed E-state index contributed by atoms with van der Waals surface area (Å²) >= 11 is 0. The first-order valence-corrected chi connectivity index (χ1v) is 7.02. The van der Waals surface area contributed by atoms with Crippen LogP contribution in [0, 0.1) is 5.92 Å². The second-order valence-electron chi connectivity index (χ2n) is 5.40. The summed E-state index contributed by atoms with van der Waals surface area (Å²) in [5, 5.41) is 14.6. The Hall–Kier alpha value is -0.850. The highest BCUT2D eigenvalue weighted by Crippen LogP contribution is 2.12. The molecule has 1 aliphatic heterocycles. The van der Waals surface area contributed by atoms with Crippen LogP contribution in [0.3, 0.4) is 0 Å². The van der Waals surface area contributed by atoms with E-state index in [2.05, 4.69) is 29.4 Å². The molecule has 112 valence electrons. The zero-order valence-corrected chi connectivity index (χ0v) is 12.2. The summed E-state index contributed by atoms with van der Waals surface area (Å²) in [6, 6.07) is 0.0982. The number of morpholine rings is 1. The van der Waals surface area contributed by atoms with Gasteiger partial charge in [0.2, 0.25) is 0 Å². The largest absolute Gasteiger partial charge is 0.392 e. The lowest BCUT2D eigenvalue weighted by molar-refractivity contribution is 0.00718. The number of rotatable bonds is 6. The molecule has 0 spiro atoms. The fourth-order valence-electron chi connectivity index (χ4n) is 2.20. The molecule has 0 aliphatic carbocycles. The number of ether oxygens (including phenoxy) is 1. The van der Waals surface area contributed by atoms with Gasteiger partial charge in [0.1, 0.15) is 0 Å². The quantitative estimate of drug-likeness (QED) is 0.638. The summed E-state index contributed by atoms with van der Waals surface area (Å²) in [6.07, 6.45) is -0.522. The summed E-state index contributed by atoms with van der Waals surface area (Å²) in [7, 11) is 0. The maximum absolute atomic E-state index is 11.6. The molecule has 1 unspecified atom stereocenters. The standard InChI is InChI=1S/C13H27N3O3/c1-10(2)12(16-4-6-19-7-5-16)9-15-13(18)14-8-11(3)17/h10-12,17H,4-9H2,1-3H3,(H2,14,15,18)/t11-,12?/m0/s1. The number of urea groups is 1. The zero-order valence-electron chi connectivity index (χ0n) is 12.2. The van der Waals surface area contributed by atoms with Crippen molar-refractivity contribution in [1.29, 1.82) is 0 Å². The number of nitrogens with zero attached hydrogens (tertiary/aromatic N) is 1. The lowest BCUT2D eigenvalue weighted by Crippen LogP contribution is -2.52. The van der Waals surface area contributed by atoms with Crippen LogP contribution >= 0.6 is 0 Å². The van der Waals surface area contributed by atoms with Crippen molar-refractivity contribution in [3.05, 3.63) is 0 Å². The van der Waals surface area contributed by atoms with Gasteiger partial charge in [-0.05, 0) is 12.8 Å². The van der Waals surface area contributed by atoms with Gasteiger partial charge in [-0.1, -0.05) is 13.8 Å². The Morgan fingerprint density at radius 2 is 1.79 bits per heavy atom. The van der Waals surface area contributed by atoms with Crippen molar-refractivity contribution in [1.82, 2.24) is 15.5 Å². The summed E-state index contributed by atoms with van der Waals surface area (Å²) in [5.74, 6) is 0.468. The van der Waals surface area contributed by atoms with Gasteiger partial charge in [-0.25, -0.2) is 4.79 Å². The number of aliphatic hydroxyl groups excluding tert-OH is 1. The molecule has 0 aromatic rings. The zero-order chi connectivity index (χ0) is 14.3. The van der Waals surface area contributed by atoms with E-state index >= 15 is 0 Å². The van der Waals surface area contributed by atoms with Crippen LogP contribution < -0.4 is 10.6 Å². The van der Waals surface area contributed by atoms with E-state index < -0.39 is 6.10 Å².